The van der Waals surface area contributed by atoms with E-state index in [4.69, 9.17) is 4.74 Å². The van der Waals surface area contributed by atoms with Crippen LogP contribution in [0.2, 0.25) is 0 Å². The van der Waals surface area contributed by atoms with Crippen molar-refractivity contribution in [2.75, 3.05) is 0 Å². The van der Waals surface area contributed by atoms with Gasteiger partial charge in [0.05, 0.1) is 5.41 Å². The molecule has 0 saturated heterocycles. The van der Waals surface area contributed by atoms with E-state index in [1.165, 1.54) is 19.3 Å². The molecule has 242 valence electrons. The topological polar surface area (TPSA) is 80.7 Å². The van der Waals surface area contributed by atoms with Gasteiger partial charge in [0.15, 0.2) is 5.78 Å². The van der Waals surface area contributed by atoms with E-state index in [0.717, 1.165) is 63.4 Å². The molecule has 5 rings (SSSR count). The van der Waals surface area contributed by atoms with Crippen molar-refractivity contribution in [3.8, 4) is 0 Å². The molecule has 0 heterocycles. The first kappa shape index (κ1) is 32.7. The van der Waals surface area contributed by atoms with Gasteiger partial charge in [-0.15, -0.1) is 0 Å². The van der Waals surface area contributed by atoms with Crippen LogP contribution in [0.25, 0.3) is 0 Å². The number of carbonyl (C=O) groups excluding carboxylic acids is 2. The van der Waals surface area contributed by atoms with Crippen molar-refractivity contribution in [3.05, 3.63) is 11.6 Å². The number of carboxylic acids is 1. The lowest BCUT2D eigenvalue weighted by molar-refractivity contribution is -0.212. The molecule has 0 spiro atoms. The van der Waals surface area contributed by atoms with Gasteiger partial charge >= 0.3 is 11.9 Å². The molecule has 0 radical (unpaired) electrons. The average Bonchev–Trinajstić information content (AvgIpc) is 2.91. The van der Waals surface area contributed by atoms with Crippen molar-refractivity contribution >= 4 is 17.7 Å². The molecule has 1 N–H and O–H groups in total. The summed E-state index contributed by atoms with van der Waals surface area (Å²) in [5.74, 6) is -0.393. The van der Waals surface area contributed by atoms with Crippen LogP contribution in [-0.2, 0) is 19.1 Å². The van der Waals surface area contributed by atoms with Gasteiger partial charge in [-0.1, -0.05) is 86.6 Å². The Morgan fingerprint density at radius 3 is 2.23 bits per heavy atom. The maximum absolute atomic E-state index is 14.6. The smallest absolute Gasteiger partial charge is 0.310 e. The fourth-order valence-electron chi connectivity index (χ4n) is 11.7. The minimum absolute atomic E-state index is 0.0628. The van der Waals surface area contributed by atoms with Crippen LogP contribution in [0.15, 0.2) is 11.6 Å². The van der Waals surface area contributed by atoms with Gasteiger partial charge in [-0.3, -0.25) is 14.4 Å². The second-order valence-electron chi connectivity index (χ2n) is 17.7. The van der Waals surface area contributed by atoms with Crippen molar-refractivity contribution in [1.29, 1.82) is 0 Å². The molecule has 5 nitrogen and oxygen atoms in total. The van der Waals surface area contributed by atoms with E-state index in [1.807, 2.05) is 6.08 Å². The lowest BCUT2D eigenvalue weighted by Crippen LogP contribution is -2.67. The largest absolute Gasteiger partial charge is 0.481 e. The monoisotopic (exact) mass is 596 g/mol. The van der Waals surface area contributed by atoms with Gasteiger partial charge in [-0.2, -0.15) is 0 Å². The summed E-state index contributed by atoms with van der Waals surface area (Å²) in [6.45, 7) is 18.4. The van der Waals surface area contributed by atoms with Crippen LogP contribution < -0.4 is 0 Å². The van der Waals surface area contributed by atoms with Crippen molar-refractivity contribution in [3.63, 3.8) is 0 Å². The summed E-state index contributed by atoms with van der Waals surface area (Å²) in [7, 11) is 0. The van der Waals surface area contributed by atoms with Gasteiger partial charge in [0, 0.05) is 17.8 Å². The highest BCUT2D eigenvalue weighted by Gasteiger charge is 2.71. The normalized spacial score (nSPS) is 42.9. The van der Waals surface area contributed by atoms with Gasteiger partial charge in [0.1, 0.15) is 6.10 Å². The molecule has 0 unspecified atom stereocenters. The van der Waals surface area contributed by atoms with Crippen LogP contribution in [0, 0.1) is 50.2 Å². The molecule has 43 heavy (non-hydrogen) atoms. The Balaban J connectivity index is 1.43. The van der Waals surface area contributed by atoms with Gasteiger partial charge in [0.2, 0.25) is 0 Å². The molecule has 5 heteroatoms. The van der Waals surface area contributed by atoms with Crippen molar-refractivity contribution in [2.24, 2.45) is 50.2 Å². The second kappa shape index (κ2) is 11.0. The first-order valence-electron chi connectivity index (χ1n) is 17.7. The van der Waals surface area contributed by atoms with E-state index in [-0.39, 0.29) is 62.7 Å². The lowest BCUT2D eigenvalue weighted by atomic mass is 9.33. The van der Waals surface area contributed by atoms with E-state index < -0.39 is 11.4 Å². The molecule has 8 atom stereocenters. The van der Waals surface area contributed by atoms with Gasteiger partial charge in [0.25, 0.3) is 0 Å². The Morgan fingerprint density at radius 1 is 0.884 bits per heavy atom. The summed E-state index contributed by atoms with van der Waals surface area (Å²) in [4.78, 5) is 40.4. The Morgan fingerprint density at radius 2 is 1.56 bits per heavy atom. The predicted octanol–water partition coefficient (Wildman–Crippen LogP) is 9.32. The van der Waals surface area contributed by atoms with Crippen LogP contribution in [0.3, 0.4) is 0 Å². The number of fused-ring (bicyclic) bond motifs is 7. The number of ketones is 1. The molecule has 4 saturated carbocycles. The molecule has 0 aliphatic heterocycles. The molecule has 0 aromatic carbocycles. The lowest BCUT2D eigenvalue weighted by Gasteiger charge is -2.70. The fourth-order valence-corrected chi connectivity index (χ4v) is 11.7. The second-order valence-corrected chi connectivity index (χ2v) is 17.7. The number of ether oxygens (including phenoxy) is 1. The van der Waals surface area contributed by atoms with E-state index in [2.05, 4.69) is 55.4 Å². The van der Waals surface area contributed by atoms with Crippen LogP contribution in [0.1, 0.15) is 152 Å². The zero-order chi connectivity index (χ0) is 31.6. The molecule has 0 aromatic rings. The summed E-state index contributed by atoms with van der Waals surface area (Å²) < 4.78 is 6.22. The number of carbonyl (C=O) groups is 3. The average molecular weight is 597 g/mol. The molecule has 5 aliphatic carbocycles. The van der Waals surface area contributed by atoms with E-state index in [1.54, 1.807) is 0 Å². The zero-order valence-corrected chi connectivity index (χ0v) is 28.6. The third-order valence-electron chi connectivity index (χ3n) is 14.5. The van der Waals surface area contributed by atoms with Crippen molar-refractivity contribution in [2.45, 2.75) is 158 Å². The summed E-state index contributed by atoms with van der Waals surface area (Å²) in [5.41, 5.74) is -0.329. The number of allylic oxidation sites excluding steroid dienone is 2. The number of hydrogen-bond donors (Lipinski definition) is 1. The van der Waals surface area contributed by atoms with Crippen LogP contribution in [0.4, 0.5) is 0 Å². The molecule has 0 amide bonds. The summed E-state index contributed by atoms with van der Waals surface area (Å²) in [6, 6.07) is 0. The molecule has 0 aromatic heterocycles. The van der Waals surface area contributed by atoms with E-state index in [0.29, 0.717) is 19.3 Å². The molecular formula is C38H60O5. The first-order valence-corrected chi connectivity index (χ1v) is 17.7. The highest BCUT2D eigenvalue weighted by atomic mass is 16.5. The number of hydrogen-bond acceptors (Lipinski definition) is 4. The molecule has 5 aliphatic rings. The molecule has 0 bridgehead atoms. The van der Waals surface area contributed by atoms with Crippen LogP contribution in [0.5, 0.6) is 0 Å². The summed E-state index contributed by atoms with van der Waals surface area (Å²) in [6.07, 6.45) is 15.6. The third-order valence-corrected chi connectivity index (χ3v) is 14.5. The highest BCUT2D eigenvalue weighted by Crippen LogP contribution is 2.75. The van der Waals surface area contributed by atoms with Gasteiger partial charge in [-0.25, -0.2) is 0 Å². The number of esters is 1. The zero-order valence-electron chi connectivity index (χ0n) is 28.6. The summed E-state index contributed by atoms with van der Waals surface area (Å²) in [5, 5.41) is 10.6. The Hall–Kier alpha value is -1.65. The Bertz CT molecular complexity index is 1160. The maximum atomic E-state index is 14.6. The Labute approximate surface area is 261 Å². The SMILES string of the molecule is CCCCCCCC(=O)O[C@H]1CC[C@]2(C)[C@H]3C(=O)C=C4[C@@H]5CC(C)(C)CC[C@]5(C(=O)O)CC[C@@]4(C)[C@]3(C)CC[C@H]2C1(C)C. The van der Waals surface area contributed by atoms with Crippen LogP contribution in [-0.4, -0.2) is 28.9 Å². The minimum Gasteiger partial charge on any atom is -0.481 e. The van der Waals surface area contributed by atoms with E-state index >= 15 is 0 Å². The number of aliphatic carboxylic acids is 1. The first-order chi connectivity index (χ1) is 20.0. The third kappa shape index (κ3) is 4.96. The number of rotatable bonds is 8. The minimum atomic E-state index is -0.745. The molecular weight excluding hydrogens is 536 g/mol. The molecule has 4 fully saturated rings. The standard InChI is InChI=1S/C38H60O5/c1-9-10-11-12-13-14-30(40)43-29-16-17-35(6)28(34(29,4)5)15-18-37(8)31(35)27(39)23-25-26-24-33(2,3)19-21-38(26,32(41)42)22-20-36(25,37)7/h23,26,28-29,31H,9-22,24H2,1-8H3,(H,41,42)/t26-,28-,29-,31+,35-,36+,37+,38-/m0/s1. The van der Waals surface area contributed by atoms with Crippen molar-refractivity contribution in [1.82, 2.24) is 0 Å². The van der Waals surface area contributed by atoms with Gasteiger partial charge in [-0.05, 0) is 104 Å². The summed E-state index contributed by atoms with van der Waals surface area (Å²) >= 11 is 0. The fraction of sp³-hybridized carbons (Fsp3) is 0.868. The Kier molecular flexibility index (Phi) is 8.38. The van der Waals surface area contributed by atoms with Crippen molar-refractivity contribution < 1.29 is 24.2 Å². The quantitative estimate of drug-likeness (QED) is 0.223. The van der Waals surface area contributed by atoms with E-state index in [9.17, 15) is 19.5 Å². The number of carboxylic acid groups (broad SMARTS) is 1. The van der Waals surface area contributed by atoms with Crippen LogP contribution >= 0.6 is 0 Å². The van der Waals surface area contributed by atoms with Gasteiger partial charge < -0.3 is 9.84 Å². The predicted molar refractivity (Wildman–Crippen MR) is 170 cm³/mol. The maximum Gasteiger partial charge on any atom is 0.310 e. The number of unbranched alkanes of at least 4 members (excludes halogenated alkanes) is 4. The highest BCUT2D eigenvalue weighted by molar-refractivity contribution is 5.96.